The van der Waals surface area contributed by atoms with E-state index in [1.54, 1.807) is 0 Å². The number of allylic oxidation sites excluding steroid dienone is 1. The molecule has 0 unspecified atom stereocenters. The monoisotopic (exact) mass is 495 g/mol. The fourth-order valence-electron chi connectivity index (χ4n) is 4.44. The van der Waals surface area contributed by atoms with E-state index in [1.807, 2.05) is 6.07 Å². The summed E-state index contributed by atoms with van der Waals surface area (Å²) in [5, 5.41) is 15.2. The molecule has 8 heteroatoms. The predicted molar refractivity (Wildman–Crippen MR) is 137 cm³/mol. The van der Waals surface area contributed by atoms with Gasteiger partial charge in [0.25, 0.3) is 0 Å². The minimum atomic E-state index is -4.60. The number of nitrogens with zero attached hydrogens (tertiary/aromatic N) is 3. The van der Waals surface area contributed by atoms with Crippen LogP contribution < -0.4 is 10.6 Å². The quantitative estimate of drug-likeness (QED) is 0.479. The topological polar surface area (TPSA) is 63.4 Å². The van der Waals surface area contributed by atoms with E-state index in [4.69, 9.17) is 0 Å². The molecule has 0 bridgehead atoms. The van der Waals surface area contributed by atoms with Crippen molar-refractivity contribution < 1.29 is 13.2 Å². The molecule has 2 aliphatic heterocycles. The molecule has 0 spiro atoms. The van der Waals surface area contributed by atoms with Crippen LogP contribution in [0, 0.1) is 16.7 Å². The number of halogens is 3. The van der Waals surface area contributed by atoms with Gasteiger partial charge in [0.1, 0.15) is 11.4 Å². The molecule has 0 atom stereocenters. The average molecular weight is 496 g/mol. The normalized spacial score (nSPS) is 21.4. The van der Waals surface area contributed by atoms with Gasteiger partial charge in [-0.3, -0.25) is 0 Å². The molecule has 0 saturated heterocycles. The van der Waals surface area contributed by atoms with Gasteiger partial charge in [0, 0.05) is 31.1 Å². The number of hydrogen-bond acceptors (Lipinski definition) is 5. The van der Waals surface area contributed by atoms with Crippen LogP contribution in [0.1, 0.15) is 50.2 Å². The second-order valence-electron chi connectivity index (χ2n) is 9.74. The maximum Gasteiger partial charge on any atom is 0.420 e. The van der Waals surface area contributed by atoms with E-state index >= 15 is 0 Å². The van der Waals surface area contributed by atoms with Crippen molar-refractivity contribution in [3.05, 3.63) is 64.7 Å². The number of amidine groups is 1. The van der Waals surface area contributed by atoms with E-state index in [0.717, 1.165) is 56.2 Å². The van der Waals surface area contributed by atoms with Gasteiger partial charge in [0.2, 0.25) is 0 Å². The summed E-state index contributed by atoms with van der Waals surface area (Å²) in [4.78, 5) is 6.43. The van der Waals surface area contributed by atoms with Gasteiger partial charge in [-0.15, -0.1) is 0 Å². The highest BCUT2D eigenvalue weighted by Crippen LogP contribution is 2.44. The summed E-state index contributed by atoms with van der Waals surface area (Å²) < 4.78 is 41.1. The van der Waals surface area contributed by atoms with Gasteiger partial charge in [-0.25, -0.2) is 4.99 Å². The number of anilines is 1. The van der Waals surface area contributed by atoms with Crippen LogP contribution in [-0.4, -0.2) is 43.6 Å². The molecule has 0 aromatic heterocycles. The Labute approximate surface area is 210 Å². The van der Waals surface area contributed by atoms with Gasteiger partial charge in [-0.05, 0) is 81.0 Å². The Morgan fingerprint density at radius 3 is 2.75 bits per heavy atom. The molecule has 1 fully saturated rings. The van der Waals surface area contributed by atoms with Crippen LogP contribution in [0.3, 0.4) is 0 Å². The third kappa shape index (κ3) is 6.29. The van der Waals surface area contributed by atoms with Gasteiger partial charge in [-0.2, -0.15) is 18.4 Å². The maximum atomic E-state index is 13.7. The van der Waals surface area contributed by atoms with Gasteiger partial charge >= 0.3 is 6.18 Å². The number of alkyl halides is 3. The molecule has 1 aromatic carbocycles. The number of aliphatic imine (C=N–C) groups is 1. The van der Waals surface area contributed by atoms with Crippen LogP contribution >= 0.6 is 0 Å². The second-order valence-corrected chi connectivity index (χ2v) is 9.74. The molecular formula is C28H32F3N5. The van der Waals surface area contributed by atoms with Crippen molar-refractivity contribution in [1.29, 1.82) is 5.26 Å². The lowest BCUT2D eigenvalue weighted by atomic mass is 9.95. The highest BCUT2D eigenvalue weighted by Gasteiger charge is 2.44. The zero-order chi connectivity index (χ0) is 25.8. The Bertz CT molecular complexity index is 1190. The largest absolute Gasteiger partial charge is 0.420 e. The number of nitriles is 1. The molecule has 2 heterocycles. The second kappa shape index (κ2) is 10.8. The van der Waals surface area contributed by atoms with Crippen LogP contribution in [0.15, 0.2) is 58.5 Å². The van der Waals surface area contributed by atoms with Crippen molar-refractivity contribution in [2.24, 2.45) is 10.4 Å². The van der Waals surface area contributed by atoms with Crippen molar-refractivity contribution >= 4 is 17.1 Å². The lowest BCUT2D eigenvalue weighted by Crippen LogP contribution is -2.27. The van der Waals surface area contributed by atoms with Gasteiger partial charge in [-0.1, -0.05) is 24.8 Å². The Morgan fingerprint density at radius 1 is 1.25 bits per heavy atom. The average Bonchev–Trinajstić information content (AvgIpc) is 3.64. The minimum absolute atomic E-state index is 0.156. The fourth-order valence-corrected chi connectivity index (χ4v) is 4.44. The van der Waals surface area contributed by atoms with Crippen LogP contribution in [0.5, 0.6) is 0 Å². The van der Waals surface area contributed by atoms with Crippen molar-refractivity contribution in [2.75, 3.05) is 32.0 Å². The van der Waals surface area contributed by atoms with Crippen LogP contribution in [0.2, 0.25) is 0 Å². The molecule has 1 aliphatic carbocycles. The Hall–Kier alpha value is -3.27. The summed E-state index contributed by atoms with van der Waals surface area (Å²) in [7, 11) is 2.15. The SMILES string of the molecule is CCc1cc(/C2=C\CCN(C)CCC2)ccc1NC1=NC=C(C(F)(F)F)C(NCC2(C#N)CC2)=C=C1. The van der Waals surface area contributed by atoms with Crippen molar-refractivity contribution in [2.45, 2.75) is 51.6 Å². The zero-order valence-corrected chi connectivity index (χ0v) is 20.8. The highest BCUT2D eigenvalue weighted by molar-refractivity contribution is 6.04. The Morgan fingerprint density at radius 2 is 2.06 bits per heavy atom. The molecule has 5 nitrogen and oxygen atoms in total. The van der Waals surface area contributed by atoms with Gasteiger partial charge < -0.3 is 15.5 Å². The first-order chi connectivity index (χ1) is 17.2. The number of benzene rings is 1. The minimum Gasteiger partial charge on any atom is -0.377 e. The summed E-state index contributed by atoms with van der Waals surface area (Å²) in [6.45, 7) is 4.34. The van der Waals surface area contributed by atoms with E-state index < -0.39 is 17.2 Å². The molecule has 2 N–H and O–H groups in total. The molecule has 0 amide bonds. The van der Waals surface area contributed by atoms with Crippen LogP contribution in [0.25, 0.3) is 5.57 Å². The highest BCUT2D eigenvalue weighted by atomic mass is 19.4. The Balaban J connectivity index is 1.56. The van der Waals surface area contributed by atoms with Gasteiger partial charge in [0.05, 0.1) is 17.2 Å². The third-order valence-electron chi connectivity index (χ3n) is 6.96. The molecule has 1 aromatic rings. The first kappa shape index (κ1) is 25.8. The van der Waals surface area contributed by atoms with E-state index in [2.05, 4.69) is 64.5 Å². The van der Waals surface area contributed by atoms with E-state index in [-0.39, 0.29) is 18.1 Å². The van der Waals surface area contributed by atoms with Crippen molar-refractivity contribution in [3.8, 4) is 6.07 Å². The molecule has 3 aliphatic rings. The lowest BCUT2D eigenvalue weighted by molar-refractivity contribution is -0.0900. The van der Waals surface area contributed by atoms with Gasteiger partial charge in [0.15, 0.2) is 0 Å². The molecule has 4 rings (SSSR count). The fraction of sp³-hybridized carbons (Fsp3) is 0.464. The summed E-state index contributed by atoms with van der Waals surface area (Å²) in [5.41, 5.74) is 5.46. The zero-order valence-electron chi connectivity index (χ0n) is 20.8. The summed E-state index contributed by atoms with van der Waals surface area (Å²) >= 11 is 0. The van der Waals surface area contributed by atoms with Crippen LogP contribution in [-0.2, 0) is 6.42 Å². The van der Waals surface area contributed by atoms with E-state index in [1.165, 1.54) is 17.2 Å². The maximum absolute atomic E-state index is 13.7. The predicted octanol–water partition coefficient (Wildman–Crippen LogP) is 5.95. The number of nitrogens with one attached hydrogen (secondary N) is 2. The Kier molecular flexibility index (Phi) is 7.73. The summed E-state index contributed by atoms with van der Waals surface area (Å²) in [5.74, 6) is 0.269. The van der Waals surface area contributed by atoms with E-state index in [0.29, 0.717) is 12.8 Å². The first-order valence-electron chi connectivity index (χ1n) is 12.5. The number of hydrogen-bond donors (Lipinski definition) is 2. The standard InChI is InChI=1S/C28H32F3N5/c1-3-20-16-22(21-6-4-14-36(2)15-5-7-21)8-9-24(20)35-26-11-10-25(23(17-33-26)28(29,30)31)34-19-27(18-32)12-13-27/h6,8-9,11,16-17,34H,3-5,7,12-15,19H2,1-2H3,(H,33,35)/b21-6-. The summed E-state index contributed by atoms with van der Waals surface area (Å²) in [6, 6.07) is 8.39. The first-order valence-corrected chi connectivity index (χ1v) is 12.5. The molecule has 0 radical (unpaired) electrons. The smallest absolute Gasteiger partial charge is 0.377 e. The number of rotatable bonds is 6. The molecule has 1 saturated carbocycles. The number of aryl methyl sites for hydroxylation is 1. The van der Waals surface area contributed by atoms with Crippen molar-refractivity contribution in [1.82, 2.24) is 10.2 Å². The summed E-state index contributed by atoms with van der Waals surface area (Å²) in [6.07, 6.45) is 5.25. The van der Waals surface area contributed by atoms with Crippen molar-refractivity contribution in [3.63, 3.8) is 0 Å². The lowest BCUT2D eigenvalue weighted by Gasteiger charge is -2.20. The molecular weight excluding hydrogens is 463 g/mol. The van der Waals surface area contributed by atoms with E-state index in [9.17, 15) is 18.4 Å². The third-order valence-corrected chi connectivity index (χ3v) is 6.96. The van der Waals surface area contributed by atoms with Crippen LogP contribution in [0.4, 0.5) is 18.9 Å². The molecule has 36 heavy (non-hydrogen) atoms. The molecule has 190 valence electrons.